The van der Waals surface area contributed by atoms with E-state index in [4.69, 9.17) is 5.73 Å². The number of carbonyl (C=O) groups is 1. The van der Waals surface area contributed by atoms with Crippen LogP contribution in [0.25, 0.3) is 0 Å². The molecule has 0 fully saturated rings. The maximum Gasteiger partial charge on any atom is 0.220 e. The van der Waals surface area contributed by atoms with Crippen molar-refractivity contribution < 1.29 is 4.79 Å². The molecule has 21 heavy (non-hydrogen) atoms. The highest BCUT2D eigenvalue weighted by Crippen LogP contribution is 2.17. The number of unbranched alkanes of at least 4 members (excludes halogenated alkanes) is 8. The summed E-state index contributed by atoms with van der Waals surface area (Å²) in [5.74, 6) is 0.197. The van der Waals surface area contributed by atoms with Gasteiger partial charge in [-0.3, -0.25) is 4.79 Å². The fourth-order valence-electron chi connectivity index (χ4n) is 2.50. The summed E-state index contributed by atoms with van der Waals surface area (Å²) in [5.41, 5.74) is 5.69. The Kier molecular flexibility index (Phi) is 12.8. The van der Waals surface area contributed by atoms with Crippen LogP contribution in [0.15, 0.2) is 0 Å². The zero-order valence-electron chi connectivity index (χ0n) is 14.7. The van der Waals surface area contributed by atoms with Gasteiger partial charge in [0.15, 0.2) is 0 Å². The van der Waals surface area contributed by atoms with Crippen molar-refractivity contribution in [2.24, 2.45) is 11.1 Å². The van der Waals surface area contributed by atoms with E-state index in [1.54, 1.807) is 0 Å². The molecule has 0 unspecified atom stereocenters. The summed E-state index contributed by atoms with van der Waals surface area (Å²) >= 11 is 0. The maximum absolute atomic E-state index is 11.8. The summed E-state index contributed by atoms with van der Waals surface area (Å²) < 4.78 is 0. The first-order valence-electron chi connectivity index (χ1n) is 8.98. The predicted molar refractivity (Wildman–Crippen MR) is 92.3 cm³/mol. The molecule has 0 heterocycles. The van der Waals surface area contributed by atoms with Gasteiger partial charge < -0.3 is 11.1 Å². The van der Waals surface area contributed by atoms with Crippen LogP contribution in [0.4, 0.5) is 0 Å². The third-order valence-corrected chi connectivity index (χ3v) is 4.09. The summed E-state index contributed by atoms with van der Waals surface area (Å²) in [4.78, 5) is 11.8. The standard InChI is InChI=1S/C18H38N2O/c1-4-5-6-7-8-9-10-11-12-13-17(21)20-16-18(2,3)14-15-19/h4-16,19H2,1-3H3,(H,20,21). The molecule has 3 nitrogen and oxygen atoms in total. The van der Waals surface area contributed by atoms with Crippen LogP contribution in [0, 0.1) is 5.41 Å². The molecule has 3 heteroatoms. The highest BCUT2D eigenvalue weighted by Gasteiger charge is 2.17. The van der Waals surface area contributed by atoms with E-state index in [0.29, 0.717) is 13.0 Å². The molecule has 0 rings (SSSR count). The molecule has 0 aromatic rings. The lowest BCUT2D eigenvalue weighted by molar-refractivity contribution is -0.121. The Balaban J connectivity index is 3.38. The molecule has 0 bridgehead atoms. The topological polar surface area (TPSA) is 55.1 Å². The number of hydrogen-bond donors (Lipinski definition) is 2. The van der Waals surface area contributed by atoms with Crippen molar-refractivity contribution >= 4 is 5.91 Å². The molecule has 0 aromatic heterocycles. The Labute approximate surface area is 132 Å². The van der Waals surface area contributed by atoms with Crippen molar-refractivity contribution in [3.63, 3.8) is 0 Å². The molecule has 0 aliphatic rings. The van der Waals surface area contributed by atoms with E-state index in [0.717, 1.165) is 19.4 Å². The Hall–Kier alpha value is -0.570. The number of nitrogens with one attached hydrogen (secondary N) is 1. The minimum absolute atomic E-state index is 0.114. The van der Waals surface area contributed by atoms with Gasteiger partial charge in [0.05, 0.1) is 0 Å². The Bertz CT molecular complexity index is 252. The summed E-state index contributed by atoms with van der Waals surface area (Å²) in [7, 11) is 0. The van der Waals surface area contributed by atoms with E-state index < -0.39 is 0 Å². The average Bonchev–Trinajstić information content (AvgIpc) is 2.43. The zero-order valence-corrected chi connectivity index (χ0v) is 14.7. The zero-order chi connectivity index (χ0) is 16.0. The molecule has 0 aromatic carbocycles. The van der Waals surface area contributed by atoms with Crippen LogP contribution in [0.2, 0.25) is 0 Å². The minimum Gasteiger partial charge on any atom is -0.356 e. The summed E-state index contributed by atoms with van der Waals surface area (Å²) in [5, 5.41) is 3.04. The molecule has 0 saturated heterocycles. The molecule has 0 saturated carbocycles. The van der Waals surface area contributed by atoms with Crippen LogP contribution in [0.3, 0.4) is 0 Å². The van der Waals surface area contributed by atoms with Crippen LogP contribution in [0.5, 0.6) is 0 Å². The minimum atomic E-state index is 0.114. The maximum atomic E-state index is 11.8. The lowest BCUT2D eigenvalue weighted by Gasteiger charge is -2.24. The average molecular weight is 299 g/mol. The number of amides is 1. The molecular weight excluding hydrogens is 260 g/mol. The second-order valence-corrected chi connectivity index (χ2v) is 7.06. The molecule has 0 aliphatic heterocycles. The quantitative estimate of drug-likeness (QED) is 0.467. The number of nitrogens with two attached hydrogens (primary N) is 1. The molecule has 1 amide bonds. The summed E-state index contributed by atoms with van der Waals surface area (Å²) in [6.45, 7) is 7.97. The van der Waals surface area contributed by atoms with Gasteiger partial charge in [0.1, 0.15) is 0 Å². The fourth-order valence-corrected chi connectivity index (χ4v) is 2.50. The number of hydrogen-bond acceptors (Lipinski definition) is 2. The molecular formula is C18H38N2O. The highest BCUT2D eigenvalue weighted by molar-refractivity contribution is 5.75. The van der Waals surface area contributed by atoms with E-state index >= 15 is 0 Å². The van der Waals surface area contributed by atoms with Crippen LogP contribution < -0.4 is 11.1 Å². The van der Waals surface area contributed by atoms with Gasteiger partial charge in [-0.2, -0.15) is 0 Å². The van der Waals surface area contributed by atoms with Crippen molar-refractivity contribution in [3.05, 3.63) is 0 Å². The second-order valence-electron chi connectivity index (χ2n) is 7.06. The second kappa shape index (κ2) is 13.1. The van der Waals surface area contributed by atoms with Gasteiger partial charge in [-0.15, -0.1) is 0 Å². The molecule has 0 atom stereocenters. The van der Waals surface area contributed by atoms with Crippen molar-refractivity contribution in [1.82, 2.24) is 5.32 Å². The third kappa shape index (κ3) is 14.1. The lowest BCUT2D eigenvalue weighted by atomic mass is 9.89. The molecule has 0 aliphatic carbocycles. The van der Waals surface area contributed by atoms with Crippen LogP contribution >= 0.6 is 0 Å². The van der Waals surface area contributed by atoms with E-state index in [1.165, 1.54) is 51.4 Å². The van der Waals surface area contributed by atoms with E-state index in [-0.39, 0.29) is 11.3 Å². The van der Waals surface area contributed by atoms with Gasteiger partial charge in [-0.25, -0.2) is 0 Å². The van der Waals surface area contributed by atoms with E-state index in [9.17, 15) is 4.79 Å². The van der Waals surface area contributed by atoms with E-state index in [1.807, 2.05) is 0 Å². The van der Waals surface area contributed by atoms with Crippen molar-refractivity contribution in [1.29, 1.82) is 0 Å². The van der Waals surface area contributed by atoms with Crippen molar-refractivity contribution in [2.45, 2.75) is 91.4 Å². The van der Waals surface area contributed by atoms with Crippen LogP contribution in [-0.4, -0.2) is 19.0 Å². The monoisotopic (exact) mass is 298 g/mol. The first-order chi connectivity index (χ1) is 10.0. The molecule has 0 radical (unpaired) electrons. The Morgan fingerprint density at radius 1 is 0.952 bits per heavy atom. The smallest absolute Gasteiger partial charge is 0.220 e. The van der Waals surface area contributed by atoms with Gasteiger partial charge in [0.2, 0.25) is 5.91 Å². The van der Waals surface area contributed by atoms with Crippen molar-refractivity contribution in [3.8, 4) is 0 Å². The highest BCUT2D eigenvalue weighted by atomic mass is 16.1. The molecule has 126 valence electrons. The molecule has 3 N–H and O–H groups in total. The fraction of sp³-hybridized carbons (Fsp3) is 0.944. The van der Waals surface area contributed by atoms with Crippen LogP contribution in [-0.2, 0) is 4.79 Å². The summed E-state index contributed by atoms with van der Waals surface area (Å²) in [6, 6.07) is 0. The summed E-state index contributed by atoms with van der Waals surface area (Å²) in [6.07, 6.45) is 13.3. The van der Waals surface area contributed by atoms with Gasteiger partial charge in [-0.1, -0.05) is 72.1 Å². The SMILES string of the molecule is CCCCCCCCCCCC(=O)NCC(C)(C)CCN. The van der Waals surface area contributed by atoms with E-state index in [2.05, 4.69) is 26.1 Å². The lowest BCUT2D eigenvalue weighted by Crippen LogP contribution is -2.35. The Morgan fingerprint density at radius 3 is 2.00 bits per heavy atom. The Morgan fingerprint density at radius 2 is 1.48 bits per heavy atom. The van der Waals surface area contributed by atoms with Gasteiger partial charge >= 0.3 is 0 Å². The van der Waals surface area contributed by atoms with Gasteiger partial charge in [0, 0.05) is 13.0 Å². The number of carbonyl (C=O) groups excluding carboxylic acids is 1. The van der Waals surface area contributed by atoms with Crippen molar-refractivity contribution in [2.75, 3.05) is 13.1 Å². The normalized spacial score (nSPS) is 11.6. The first kappa shape index (κ1) is 20.4. The number of rotatable bonds is 14. The van der Waals surface area contributed by atoms with Gasteiger partial charge in [-0.05, 0) is 24.8 Å². The first-order valence-corrected chi connectivity index (χ1v) is 8.98. The molecule has 0 spiro atoms. The van der Waals surface area contributed by atoms with Gasteiger partial charge in [0.25, 0.3) is 0 Å². The van der Waals surface area contributed by atoms with Crippen LogP contribution in [0.1, 0.15) is 91.4 Å². The third-order valence-electron chi connectivity index (χ3n) is 4.09. The largest absolute Gasteiger partial charge is 0.356 e. The predicted octanol–water partition coefficient (Wildman–Crippen LogP) is 4.40.